The van der Waals surface area contributed by atoms with Crippen molar-refractivity contribution in [3.05, 3.63) is 42.0 Å². The molecule has 6 nitrogen and oxygen atoms in total. The molecule has 0 aliphatic heterocycles. The number of aryl methyl sites for hydroxylation is 1. The molecular weight excluding hydrogens is 286 g/mol. The van der Waals surface area contributed by atoms with Crippen LogP contribution in [0.15, 0.2) is 40.3 Å². The summed E-state index contributed by atoms with van der Waals surface area (Å²) in [6, 6.07) is 5.80. The molecule has 0 bridgehead atoms. The molecular formula is C14H15N5OS. The predicted molar refractivity (Wildman–Crippen MR) is 79.7 cm³/mol. The maximum atomic E-state index is 5.21. The van der Waals surface area contributed by atoms with Crippen LogP contribution in [0, 0.1) is 6.92 Å². The lowest BCUT2D eigenvalue weighted by atomic mass is 10.2. The van der Waals surface area contributed by atoms with Crippen LogP contribution in [0.1, 0.15) is 18.4 Å². The summed E-state index contributed by atoms with van der Waals surface area (Å²) in [5.74, 6) is 2.39. The normalized spacial score (nSPS) is 11.0. The summed E-state index contributed by atoms with van der Waals surface area (Å²) in [5, 5.41) is 13.3. The van der Waals surface area contributed by atoms with E-state index in [0.29, 0.717) is 5.75 Å². The van der Waals surface area contributed by atoms with Crippen molar-refractivity contribution < 1.29 is 4.52 Å². The van der Waals surface area contributed by atoms with E-state index < -0.39 is 0 Å². The maximum absolute atomic E-state index is 5.21. The molecule has 7 heteroatoms. The summed E-state index contributed by atoms with van der Waals surface area (Å²) >= 11 is 1.59. The third-order valence-corrected chi connectivity index (χ3v) is 3.98. The number of hydrogen-bond acceptors (Lipinski definition) is 6. The average Bonchev–Trinajstić information content (AvgIpc) is 3.11. The number of aromatic nitrogens is 5. The summed E-state index contributed by atoms with van der Waals surface area (Å²) < 4.78 is 7.30. The van der Waals surface area contributed by atoms with Crippen molar-refractivity contribution in [2.75, 3.05) is 0 Å². The van der Waals surface area contributed by atoms with Gasteiger partial charge in [-0.15, -0.1) is 10.2 Å². The van der Waals surface area contributed by atoms with Crippen molar-refractivity contribution in [3.8, 4) is 11.4 Å². The summed E-state index contributed by atoms with van der Waals surface area (Å²) in [7, 11) is 0. The fraction of sp³-hybridized carbons (Fsp3) is 0.286. The van der Waals surface area contributed by atoms with Gasteiger partial charge in [0.15, 0.2) is 11.0 Å². The molecule has 108 valence electrons. The second kappa shape index (κ2) is 6.09. The van der Waals surface area contributed by atoms with Gasteiger partial charge >= 0.3 is 0 Å². The summed E-state index contributed by atoms with van der Waals surface area (Å²) in [6.07, 6.45) is 3.52. The SMILES string of the molecule is CCn1c(SCc2cc(C)no2)nnc1-c1ccncc1. The van der Waals surface area contributed by atoms with E-state index in [1.807, 2.05) is 25.1 Å². The molecule has 21 heavy (non-hydrogen) atoms. The first-order valence-corrected chi connectivity index (χ1v) is 7.65. The van der Waals surface area contributed by atoms with Crippen LogP contribution in [0.2, 0.25) is 0 Å². The van der Waals surface area contributed by atoms with E-state index in [1.165, 1.54) is 0 Å². The van der Waals surface area contributed by atoms with Crippen molar-refractivity contribution in [1.29, 1.82) is 0 Å². The molecule has 3 aromatic heterocycles. The highest BCUT2D eigenvalue weighted by molar-refractivity contribution is 7.98. The molecule has 0 atom stereocenters. The molecule has 0 aromatic carbocycles. The highest BCUT2D eigenvalue weighted by atomic mass is 32.2. The molecule has 0 amide bonds. The van der Waals surface area contributed by atoms with E-state index in [4.69, 9.17) is 4.52 Å². The smallest absolute Gasteiger partial charge is 0.191 e. The van der Waals surface area contributed by atoms with Crippen LogP contribution in [0.3, 0.4) is 0 Å². The van der Waals surface area contributed by atoms with Crippen molar-refractivity contribution >= 4 is 11.8 Å². The zero-order chi connectivity index (χ0) is 14.7. The van der Waals surface area contributed by atoms with Gasteiger partial charge in [0.05, 0.1) is 11.4 Å². The van der Waals surface area contributed by atoms with Crippen LogP contribution in [0.4, 0.5) is 0 Å². The second-order valence-corrected chi connectivity index (χ2v) is 5.45. The molecule has 3 heterocycles. The van der Waals surface area contributed by atoms with E-state index in [-0.39, 0.29) is 0 Å². The number of rotatable bonds is 5. The Balaban J connectivity index is 1.82. The third-order valence-electron chi connectivity index (χ3n) is 2.99. The molecule has 0 aliphatic rings. The van der Waals surface area contributed by atoms with Crippen LogP contribution >= 0.6 is 11.8 Å². The highest BCUT2D eigenvalue weighted by Crippen LogP contribution is 2.26. The number of hydrogen-bond donors (Lipinski definition) is 0. The van der Waals surface area contributed by atoms with Gasteiger partial charge in [0.25, 0.3) is 0 Å². The van der Waals surface area contributed by atoms with E-state index in [1.54, 1.807) is 24.2 Å². The summed E-state index contributed by atoms with van der Waals surface area (Å²) in [6.45, 7) is 4.80. The quantitative estimate of drug-likeness (QED) is 0.675. The molecule has 0 saturated carbocycles. The Labute approximate surface area is 126 Å². The topological polar surface area (TPSA) is 69.6 Å². The van der Waals surface area contributed by atoms with E-state index >= 15 is 0 Å². The number of pyridine rings is 1. The van der Waals surface area contributed by atoms with Crippen molar-refractivity contribution in [2.45, 2.75) is 31.3 Å². The summed E-state index contributed by atoms with van der Waals surface area (Å²) in [4.78, 5) is 4.03. The molecule has 3 rings (SSSR count). The van der Waals surface area contributed by atoms with Gasteiger partial charge in [0.1, 0.15) is 5.76 Å². The standard InChI is InChI=1S/C14H15N5OS/c1-3-19-13(11-4-6-15-7-5-11)16-17-14(19)21-9-12-8-10(2)18-20-12/h4-8H,3,9H2,1-2H3. The van der Waals surface area contributed by atoms with Crippen LogP contribution < -0.4 is 0 Å². The first-order chi connectivity index (χ1) is 10.3. The van der Waals surface area contributed by atoms with Crippen molar-refractivity contribution in [2.24, 2.45) is 0 Å². The minimum absolute atomic E-state index is 0.690. The lowest BCUT2D eigenvalue weighted by Gasteiger charge is -2.06. The molecule has 0 spiro atoms. The third kappa shape index (κ3) is 2.97. The van der Waals surface area contributed by atoms with Gasteiger partial charge in [-0.05, 0) is 26.0 Å². The van der Waals surface area contributed by atoms with Crippen LogP contribution in [0.5, 0.6) is 0 Å². The van der Waals surface area contributed by atoms with E-state index in [9.17, 15) is 0 Å². The Morgan fingerprint density at radius 1 is 1.24 bits per heavy atom. The first kappa shape index (κ1) is 13.8. The maximum Gasteiger partial charge on any atom is 0.191 e. The zero-order valence-corrected chi connectivity index (χ0v) is 12.7. The number of thioether (sulfide) groups is 1. The monoisotopic (exact) mass is 301 g/mol. The first-order valence-electron chi connectivity index (χ1n) is 6.66. The Morgan fingerprint density at radius 3 is 2.71 bits per heavy atom. The fourth-order valence-corrected chi connectivity index (χ4v) is 2.89. The minimum atomic E-state index is 0.690. The van der Waals surface area contributed by atoms with Gasteiger partial charge in [-0.3, -0.25) is 4.98 Å². The molecule has 0 aliphatic carbocycles. The Bertz CT molecular complexity index is 722. The van der Waals surface area contributed by atoms with Gasteiger partial charge in [-0.1, -0.05) is 16.9 Å². The van der Waals surface area contributed by atoms with Crippen LogP contribution in [-0.4, -0.2) is 24.9 Å². The fourth-order valence-electron chi connectivity index (χ4n) is 2.02. The van der Waals surface area contributed by atoms with Crippen LogP contribution in [-0.2, 0) is 12.3 Å². The average molecular weight is 301 g/mol. The molecule has 0 radical (unpaired) electrons. The lowest BCUT2D eigenvalue weighted by molar-refractivity contribution is 0.391. The minimum Gasteiger partial charge on any atom is -0.360 e. The van der Waals surface area contributed by atoms with Gasteiger partial charge in [-0.2, -0.15) is 0 Å². The predicted octanol–water partition coefficient (Wildman–Crippen LogP) is 2.95. The van der Waals surface area contributed by atoms with Gasteiger partial charge < -0.3 is 9.09 Å². The highest BCUT2D eigenvalue weighted by Gasteiger charge is 2.13. The molecule has 0 saturated heterocycles. The van der Waals surface area contributed by atoms with Gasteiger partial charge in [0, 0.05) is 30.6 Å². The Morgan fingerprint density at radius 2 is 2.05 bits per heavy atom. The second-order valence-electron chi connectivity index (χ2n) is 4.51. The summed E-state index contributed by atoms with van der Waals surface area (Å²) in [5.41, 5.74) is 1.90. The Hall–Kier alpha value is -2.15. The van der Waals surface area contributed by atoms with Gasteiger partial charge in [-0.25, -0.2) is 0 Å². The Kier molecular flexibility index (Phi) is 4.01. The lowest BCUT2D eigenvalue weighted by Crippen LogP contribution is -1.99. The molecule has 0 fully saturated rings. The van der Waals surface area contributed by atoms with Crippen molar-refractivity contribution in [3.63, 3.8) is 0 Å². The van der Waals surface area contributed by atoms with E-state index in [0.717, 1.165) is 34.5 Å². The molecule has 3 aromatic rings. The van der Waals surface area contributed by atoms with Crippen molar-refractivity contribution in [1.82, 2.24) is 24.9 Å². The molecule has 0 N–H and O–H groups in total. The zero-order valence-electron chi connectivity index (χ0n) is 11.9. The van der Waals surface area contributed by atoms with Gasteiger partial charge in [0.2, 0.25) is 0 Å². The number of nitrogens with zero attached hydrogens (tertiary/aromatic N) is 5. The van der Waals surface area contributed by atoms with E-state index in [2.05, 4.69) is 31.8 Å². The van der Waals surface area contributed by atoms with Crippen LogP contribution in [0.25, 0.3) is 11.4 Å². The largest absolute Gasteiger partial charge is 0.360 e. The molecule has 0 unspecified atom stereocenters.